The van der Waals surface area contributed by atoms with Crippen LogP contribution in [0.5, 0.6) is 0 Å². The molecule has 18 heavy (non-hydrogen) atoms. The molecule has 0 aliphatic heterocycles. The van der Waals surface area contributed by atoms with Crippen molar-refractivity contribution in [2.24, 2.45) is 5.73 Å². The highest BCUT2D eigenvalue weighted by Gasteiger charge is 2.20. The van der Waals surface area contributed by atoms with Crippen molar-refractivity contribution in [2.75, 3.05) is 24.2 Å². The highest BCUT2D eigenvalue weighted by atomic mass is 16.1. The van der Waals surface area contributed by atoms with Crippen molar-refractivity contribution in [2.45, 2.75) is 33.1 Å². The Balaban J connectivity index is 3.19. The smallest absolute Gasteiger partial charge is 0.236 e. The van der Waals surface area contributed by atoms with Crippen LogP contribution < -0.4 is 16.4 Å². The second kappa shape index (κ2) is 5.20. The molecule has 6 heteroatoms. The number of nitrogens with two attached hydrogens (primary N) is 1. The van der Waals surface area contributed by atoms with Crippen molar-refractivity contribution in [3.05, 3.63) is 11.4 Å². The summed E-state index contributed by atoms with van der Waals surface area (Å²) >= 11 is 0. The molecule has 1 rings (SSSR count). The number of hydrogen-bond acceptors (Lipinski definition) is 5. The fourth-order valence-electron chi connectivity index (χ4n) is 1.44. The van der Waals surface area contributed by atoms with Crippen LogP contribution in [-0.4, -0.2) is 29.5 Å². The molecule has 0 bridgehead atoms. The van der Waals surface area contributed by atoms with Crippen molar-refractivity contribution in [3.63, 3.8) is 0 Å². The first-order valence-corrected chi connectivity index (χ1v) is 5.84. The van der Waals surface area contributed by atoms with Crippen molar-refractivity contribution >= 4 is 17.5 Å². The van der Waals surface area contributed by atoms with Gasteiger partial charge in [0.25, 0.3) is 0 Å². The molecule has 1 amide bonds. The van der Waals surface area contributed by atoms with Crippen molar-refractivity contribution in [1.29, 1.82) is 0 Å². The second-order valence-electron chi connectivity index (χ2n) is 5.19. The number of amides is 1. The van der Waals surface area contributed by atoms with Gasteiger partial charge in [0.1, 0.15) is 17.5 Å². The fraction of sp³-hybridized carbons (Fsp3) is 0.583. The van der Waals surface area contributed by atoms with Crippen LogP contribution in [0, 0.1) is 6.92 Å². The van der Waals surface area contributed by atoms with E-state index in [4.69, 9.17) is 5.73 Å². The maximum Gasteiger partial charge on any atom is 0.236 e. The van der Waals surface area contributed by atoms with Gasteiger partial charge in [0.15, 0.2) is 0 Å². The molecule has 1 heterocycles. The summed E-state index contributed by atoms with van der Waals surface area (Å²) in [6, 6.07) is 0. The molecule has 0 radical (unpaired) electrons. The standard InChI is InChI=1S/C12H21N5O/c1-7-9(14-5)16-11(12(2,3)4)17-10(7)15-6-8(13)18/h6H2,1-5H3,(H2,13,18)(H2,14,15,16,17). The predicted octanol–water partition coefficient (Wildman–Crippen LogP) is 1.02. The van der Waals surface area contributed by atoms with Gasteiger partial charge in [0, 0.05) is 18.0 Å². The van der Waals surface area contributed by atoms with Gasteiger partial charge in [0.05, 0.1) is 6.54 Å². The summed E-state index contributed by atoms with van der Waals surface area (Å²) in [5, 5.41) is 5.96. The Morgan fingerprint density at radius 3 is 2.28 bits per heavy atom. The zero-order chi connectivity index (χ0) is 13.9. The molecule has 4 N–H and O–H groups in total. The van der Waals surface area contributed by atoms with Gasteiger partial charge < -0.3 is 16.4 Å². The van der Waals surface area contributed by atoms with E-state index in [1.807, 2.05) is 27.7 Å². The lowest BCUT2D eigenvalue weighted by atomic mass is 9.95. The summed E-state index contributed by atoms with van der Waals surface area (Å²) in [6.07, 6.45) is 0. The molecule has 0 spiro atoms. The van der Waals surface area contributed by atoms with Gasteiger partial charge in [-0.3, -0.25) is 4.79 Å². The molecule has 0 aromatic carbocycles. The van der Waals surface area contributed by atoms with Crippen LogP contribution >= 0.6 is 0 Å². The summed E-state index contributed by atoms with van der Waals surface area (Å²) in [4.78, 5) is 19.7. The number of carbonyl (C=O) groups excluding carboxylic acids is 1. The number of carbonyl (C=O) groups is 1. The lowest BCUT2D eigenvalue weighted by molar-refractivity contribution is -0.116. The average Bonchev–Trinajstić information content (AvgIpc) is 2.26. The first kappa shape index (κ1) is 14.2. The van der Waals surface area contributed by atoms with Crippen LogP contribution in [0.25, 0.3) is 0 Å². The van der Waals surface area contributed by atoms with E-state index in [-0.39, 0.29) is 12.0 Å². The third-order valence-electron chi connectivity index (χ3n) is 2.48. The molecule has 0 saturated heterocycles. The zero-order valence-corrected chi connectivity index (χ0v) is 11.6. The number of nitrogens with one attached hydrogen (secondary N) is 2. The first-order valence-electron chi connectivity index (χ1n) is 5.84. The highest BCUT2D eigenvalue weighted by molar-refractivity contribution is 5.79. The minimum atomic E-state index is -0.420. The van der Waals surface area contributed by atoms with Gasteiger partial charge in [-0.05, 0) is 6.92 Å². The molecule has 0 fully saturated rings. The number of nitrogens with zero attached hydrogens (tertiary/aromatic N) is 2. The molecule has 100 valence electrons. The minimum absolute atomic E-state index is 0.0601. The molecule has 6 nitrogen and oxygen atoms in total. The SMILES string of the molecule is CNc1nc(C(C)(C)C)nc(NCC(N)=O)c1C. The zero-order valence-electron chi connectivity index (χ0n) is 11.6. The van der Waals surface area contributed by atoms with Gasteiger partial charge in [-0.1, -0.05) is 20.8 Å². The lowest BCUT2D eigenvalue weighted by Gasteiger charge is -2.20. The van der Waals surface area contributed by atoms with Crippen molar-refractivity contribution < 1.29 is 4.79 Å². The van der Waals surface area contributed by atoms with Crippen LogP contribution in [0.2, 0.25) is 0 Å². The Morgan fingerprint density at radius 2 is 1.83 bits per heavy atom. The normalized spacial score (nSPS) is 11.2. The first-order chi connectivity index (χ1) is 8.25. The maximum absolute atomic E-state index is 10.8. The van der Waals surface area contributed by atoms with E-state index >= 15 is 0 Å². The number of hydrogen-bond donors (Lipinski definition) is 3. The van der Waals surface area contributed by atoms with E-state index in [0.29, 0.717) is 11.6 Å². The Hall–Kier alpha value is -1.85. The molecule has 0 unspecified atom stereocenters. The third kappa shape index (κ3) is 3.32. The number of primary amides is 1. The topological polar surface area (TPSA) is 92.9 Å². The maximum atomic E-state index is 10.8. The van der Waals surface area contributed by atoms with Crippen molar-refractivity contribution in [3.8, 4) is 0 Å². The Bertz CT molecular complexity index is 451. The fourth-order valence-corrected chi connectivity index (χ4v) is 1.44. The quantitative estimate of drug-likeness (QED) is 0.743. The van der Waals surface area contributed by atoms with Crippen LogP contribution in [0.1, 0.15) is 32.2 Å². The third-order valence-corrected chi connectivity index (χ3v) is 2.48. The van der Waals surface area contributed by atoms with E-state index in [1.54, 1.807) is 7.05 Å². The Labute approximate surface area is 107 Å². The summed E-state index contributed by atoms with van der Waals surface area (Å²) in [5.74, 6) is 1.68. The highest BCUT2D eigenvalue weighted by Crippen LogP contribution is 2.25. The number of anilines is 2. The lowest BCUT2D eigenvalue weighted by Crippen LogP contribution is -2.24. The van der Waals surface area contributed by atoms with E-state index in [0.717, 1.165) is 11.4 Å². The van der Waals surface area contributed by atoms with Gasteiger partial charge >= 0.3 is 0 Å². The summed E-state index contributed by atoms with van der Waals surface area (Å²) in [7, 11) is 1.81. The predicted molar refractivity (Wildman–Crippen MR) is 72.7 cm³/mol. The van der Waals surface area contributed by atoms with Crippen LogP contribution in [0.4, 0.5) is 11.6 Å². The Morgan fingerprint density at radius 1 is 1.28 bits per heavy atom. The monoisotopic (exact) mass is 251 g/mol. The minimum Gasteiger partial charge on any atom is -0.373 e. The number of rotatable bonds is 4. The largest absolute Gasteiger partial charge is 0.373 e. The van der Waals surface area contributed by atoms with Gasteiger partial charge in [-0.2, -0.15) is 0 Å². The van der Waals surface area contributed by atoms with E-state index in [9.17, 15) is 4.79 Å². The molecular formula is C12H21N5O. The van der Waals surface area contributed by atoms with Gasteiger partial charge in [-0.15, -0.1) is 0 Å². The van der Waals surface area contributed by atoms with Gasteiger partial charge in [0.2, 0.25) is 5.91 Å². The molecule has 0 atom stereocenters. The van der Waals surface area contributed by atoms with E-state index in [2.05, 4.69) is 20.6 Å². The Kier molecular flexibility index (Phi) is 4.11. The molecular weight excluding hydrogens is 230 g/mol. The molecule has 1 aromatic heterocycles. The average molecular weight is 251 g/mol. The van der Waals surface area contributed by atoms with E-state index in [1.165, 1.54) is 0 Å². The van der Waals surface area contributed by atoms with Crippen LogP contribution in [-0.2, 0) is 10.2 Å². The van der Waals surface area contributed by atoms with Crippen LogP contribution in [0.3, 0.4) is 0 Å². The van der Waals surface area contributed by atoms with E-state index < -0.39 is 5.91 Å². The molecule has 0 saturated carbocycles. The summed E-state index contributed by atoms with van der Waals surface area (Å²) in [6.45, 7) is 8.06. The molecule has 1 aromatic rings. The summed E-state index contributed by atoms with van der Waals surface area (Å²) in [5.41, 5.74) is 5.83. The second-order valence-corrected chi connectivity index (χ2v) is 5.19. The van der Waals surface area contributed by atoms with Crippen molar-refractivity contribution in [1.82, 2.24) is 9.97 Å². The van der Waals surface area contributed by atoms with Gasteiger partial charge in [-0.25, -0.2) is 9.97 Å². The number of aromatic nitrogens is 2. The molecule has 0 aliphatic carbocycles. The van der Waals surface area contributed by atoms with Crippen LogP contribution in [0.15, 0.2) is 0 Å². The molecule has 0 aliphatic rings. The summed E-state index contributed by atoms with van der Waals surface area (Å²) < 4.78 is 0.